The van der Waals surface area contributed by atoms with Crippen LogP contribution in [0.4, 0.5) is 0 Å². The van der Waals surface area contributed by atoms with Crippen molar-refractivity contribution in [3.8, 4) is 0 Å². The molecular weight excluding hydrogens is 578 g/mol. The lowest BCUT2D eigenvalue weighted by molar-refractivity contribution is -0.278. The Kier molecular flexibility index (Phi) is 9.93. The van der Waals surface area contributed by atoms with E-state index in [2.05, 4.69) is 12.5 Å². The zero-order valence-electron chi connectivity index (χ0n) is 17.0. The van der Waals surface area contributed by atoms with E-state index in [4.69, 9.17) is 32.4 Å². The molecule has 6 N–H and O–H groups in total. The zero-order valence-corrected chi connectivity index (χ0v) is 20.2. The first-order chi connectivity index (χ1) is 15.7. The van der Waals surface area contributed by atoms with E-state index in [1.165, 1.54) is 4.72 Å². The Hall–Kier alpha value is -0.680. The average Bonchev–Trinajstić information content (AvgIpc) is 2.62. The van der Waals surface area contributed by atoms with Crippen LogP contribution < -0.4 is 4.72 Å². The summed E-state index contributed by atoms with van der Waals surface area (Å²) in [6.07, 6.45) is -11.6. The number of hydrogen-bond donors (Lipinski definition) is 6. The van der Waals surface area contributed by atoms with Gasteiger partial charge in [-0.1, -0.05) is 0 Å². The molecule has 208 valence electrons. The van der Waals surface area contributed by atoms with E-state index < -0.39 is 111 Å². The molecule has 2 saturated heterocycles. The van der Waals surface area contributed by atoms with Crippen molar-refractivity contribution < 1.29 is 83.7 Å². The van der Waals surface area contributed by atoms with Crippen LogP contribution in [0.2, 0.25) is 0 Å². The van der Waals surface area contributed by atoms with Crippen molar-refractivity contribution in [2.45, 2.75) is 49.3 Å². The van der Waals surface area contributed by atoms with E-state index >= 15 is 0 Å². The second-order valence-corrected chi connectivity index (χ2v) is 11.4. The number of ether oxygens (including phenoxy) is 3. The van der Waals surface area contributed by atoms with Gasteiger partial charge in [-0.3, -0.25) is 18.2 Å². The highest BCUT2D eigenvalue weighted by Crippen LogP contribution is 2.29. The van der Waals surface area contributed by atoms with Crippen molar-refractivity contribution >= 4 is 41.5 Å². The Morgan fingerprint density at radius 3 is 1.86 bits per heavy atom. The largest absolute Gasteiger partial charge is 0.397 e. The molecule has 0 saturated carbocycles. The molecule has 35 heavy (non-hydrogen) atoms. The smallest absolute Gasteiger partial charge is 0.387 e. The van der Waals surface area contributed by atoms with Crippen LogP contribution in [0.5, 0.6) is 0 Å². The third kappa shape index (κ3) is 11.1. The Bertz CT molecular complexity index is 1150. The van der Waals surface area contributed by atoms with E-state index in [1.807, 2.05) is 0 Å². The first-order valence-electron chi connectivity index (χ1n) is 8.97. The summed E-state index contributed by atoms with van der Waals surface area (Å²) in [5.74, 6) is 0. The Labute approximate surface area is 199 Å². The fraction of sp³-hybridized carbons (Fsp3) is 1.00. The first kappa shape index (κ1) is 30.5. The van der Waals surface area contributed by atoms with Crippen LogP contribution in [-0.2, 0) is 68.3 Å². The van der Waals surface area contributed by atoms with Gasteiger partial charge < -0.3 is 19.3 Å². The molecule has 2 heterocycles. The normalized spacial score (nSPS) is 33.5. The van der Waals surface area contributed by atoms with Gasteiger partial charge in [-0.2, -0.15) is 38.4 Å². The summed E-state index contributed by atoms with van der Waals surface area (Å²) in [5, 5.41) is 10.3. The zero-order chi connectivity index (χ0) is 26.8. The standard InChI is InChI=1S/C11H21NO19S4/c13-10-7(3-26-4-8(10)31-35(23,24)25)29-11-9(12-32(14,15)16)6(30-34(20,21)22)1-5(28-11)2-27-33(17,18)19/h5-13H,1-4H2,(H,14,15,16)(H,17,18,19)(H,20,21,22)(H,23,24,25)/t5?,6-,7+,8?,9?,10-,11+/m1/s1. The van der Waals surface area contributed by atoms with Crippen LogP contribution in [-0.4, -0.2) is 120 Å². The van der Waals surface area contributed by atoms with Gasteiger partial charge in [-0.15, -0.1) is 0 Å². The summed E-state index contributed by atoms with van der Waals surface area (Å²) in [7, 11) is -20.6. The Balaban J connectivity index is 2.34. The van der Waals surface area contributed by atoms with Gasteiger partial charge in [0.15, 0.2) is 6.29 Å². The van der Waals surface area contributed by atoms with Gasteiger partial charge in [-0.25, -0.2) is 12.5 Å². The van der Waals surface area contributed by atoms with Gasteiger partial charge in [0.1, 0.15) is 30.5 Å². The molecule has 0 aromatic rings. The van der Waals surface area contributed by atoms with Crippen molar-refractivity contribution in [3.63, 3.8) is 0 Å². The lowest BCUT2D eigenvalue weighted by Crippen LogP contribution is -2.62. The molecule has 0 bridgehead atoms. The van der Waals surface area contributed by atoms with Gasteiger partial charge in [0.25, 0.3) is 0 Å². The van der Waals surface area contributed by atoms with Crippen molar-refractivity contribution in [1.82, 2.24) is 4.72 Å². The quantitative estimate of drug-likeness (QED) is 0.123. The maximum atomic E-state index is 11.4. The number of rotatable bonds is 11. The lowest BCUT2D eigenvalue weighted by atomic mass is 10.0. The topological polar surface area (TPSA) is 305 Å². The monoisotopic (exact) mass is 599 g/mol. The summed E-state index contributed by atoms with van der Waals surface area (Å²) >= 11 is 0. The highest BCUT2D eigenvalue weighted by Gasteiger charge is 2.47. The van der Waals surface area contributed by atoms with Crippen molar-refractivity contribution in [1.29, 1.82) is 0 Å². The molecule has 3 unspecified atom stereocenters. The molecule has 2 rings (SSSR count). The van der Waals surface area contributed by atoms with Gasteiger partial charge in [-0.05, 0) is 0 Å². The highest BCUT2D eigenvalue weighted by molar-refractivity contribution is 7.83. The van der Waals surface area contributed by atoms with Crippen LogP contribution in [0.25, 0.3) is 0 Å². The molecule has 24 heteroatoms. The number of hydrogen-bond acceptors (Lipinski definition) is 15. The van der Waals surface area contributed by atoms with E-state index in [0.717, 1.165) is 0 Å². The molecule has 20 nitrogen and oxygen atoms in total. The van der Waals surface area contributed by atoms with Crippen molar-refractivity contribution in [3.05, 3.63) is 0 Å². The molecule has 0 spiro atoms. The highest BCUT2D eigenvalue weighted by atomic mass is 32.3. The summed E-state index contributed by atoms with van der Waals surface area (Å²) in [5.41, 5.74) is 0. The van der Waals surface area contributed by atoms with Crippen molar-refractivity contribution in [2.24, 2.45) is 0 Å². The summed E-state index contributed by atoms with van der Waals surface area (Å²) in [6.45, 7) is -2.10. The molecule has 2 fully saturated rings. The maximum absolute atomic E-state index is 11.4. The Morgan fingerprint density at radius 1 is 0.800 bits per heavy atom. The Morgan fingerprint density at radius 2 is 1.34 bits per heavy atom. The second kappa shape index (κ2) is 11.4. The van der Waals surface area contributed by atoms with E-state index in [-0.39, 0.29) is 0 Å². The lowest BCUT2D eigenvalue weighted by Gasteiger charge is -2.43. The number of nitrogens with one attached hydrogen (secondary N) is 1. The fourth-order valence-corrected chi connectivity index (χ4v) is 5.05. The summed E-state index contributed by atoms with van der Waals surface area (Å²) in [4.78, 5) is 0. The molecule has 2 aliphatic heterocycles. The molecule has 0 aromatic heterocycles. The van der Waals surface area contributed by atoms with Crippen molar-refractivity contribution in [2.75, 3.05) is 19.8 Å². The van der Waals surface area contributed by atoms with Gasteiger partial charge in [0, 0.05) is 6.42 Å². The minimum atomic E-state index is -5.30. The molecule has 0 radical (unpaired) electrons. The fourth-order valence-electron chi connectivity index (χ4n) is 3.13. The average molecular weight is 600 g/mol. The SMILES string of the molecule is O=S(=O)(O)NC1[C@H](O[C@H]2COCC(OS(=O)(=O)O)[C@@H]2O)OC(COS(=O)(=O)O)C[C@H]1OS(=O)(=O)O. The number of aliphatic hydroxyl groups is 1. The molecule has 0 aromatic carbocycles. The minimum Gasteiger partial charge on any atom is -0.387 e. The third-order valence-electron chi connectivity index (χ3n) is 4.33. The van der Waals surface area contributed by atoms with Crippen LogP contribution >= 0.6 is 0 Å². The van der Waals surface area contributed by atoms with Crippen LogP contribution in [0.3, 0.4) is 0 Å². The predicted octanol–water partition coefficient (Wildman–Crippen LogP) is -4.17. The van der Waals surface area contributed by atoms with Crippen LogP contribution in [0.1, 0.15) is 6.42 Å². The minimum absolute atomic E-state index is 0.527. The van der Waals surface area contributed by atoms with Gasteiger partial charge in [0.05, 0.1) is 25.9 Å². The van der Waals surface area contributed by atoms with Crippen LogP contribution in [0, 0.1) is 0 Å². The van der Waals surface area contributed by atoms with E-state index in [0.29, 0.717) is 0 Å². The van der Waals surface area contributed by atoms with Gasteiger partial charge >= 0.3 is 41.5 Å². The maximum Gasteiger partial charge on any atom is 0.397 e. The molecule has 0 aliphatic carbocycles. The first-order valence-corrected chi connectivity index (χ1v) is 14.5. The van der Waals surface area contributed by atoms with E-state index in [9.17, 15) is 38.8 Å². The second-order valence-electron chi connectivity index (χ2n) is 7.02. The molecule has 7 atom stereocenters. The van der Waals surface area contributed by atoms with Gasteiger partial charge in [0.2, 0.25) is 0 Å². The summed E-state index contributed by atoms with van der Waals surface area (Å²) in [6, 6.07) is -2.01. The third-order valence-corrected chi connectivity index (χ3v) is 6.31. The molecule has 2 aliphatic rings. The molecular formula is C11H21NO19S4. The number of aliphatic hydroxyl groups excluding tert-OH is 1. The molecule has 0 amide bonds. The van der Waals surface area contributed by atoms with Crippen LogP contribution in [0.15, 0.2) is 0 Å². The summed E-state index contributed by atoms with van der Waals surface area (Å²) < 4.78 is 154. The predicted molar refractivity (Wildman–Crippen MR) is 104 cm³/mol. The van der Waals surface area contributed by atoms with E-state index in [1.54, 1.807) is 0 Å².